The number of benzene rings is 4. The van der Waals surface area contributed by atoms with Gasteiger partial charge in [0.1, 0.15) is 34.5 Å². The van der Waals surface area contributed by atoms with Crippen LogP contribution in [0.15, 0.2) is 115 Å². The molecule has 0 unspecified atom stereocenters. The number of ether oxygens (including phenoxy) is 2. The molecular weight excluding hydrogens is 1060 g/mol. The maximum atomic E-state index is 14.2. The fraction of sp³-hybridized carbons (Fsp3) is 0.387. The first-order valence-corrected chi connectivity index (χ1v) is 28.8. The van der Waals surface area contributed by atoms with Crippen LogP contribution in [0.1, 0.15) is 89.4 Å². The summed E-state index contributed by atoms with van der Waals surface area (Å²) in [6, 6.07) is 24.6. The second-order valence-electron chi connectivity index (χ2n) is 22.6. The molecule has 428 valence electrons. The molecular formula is C62H69FN10O8S. The number of piperidine rings is 1. The number of aliphatic hydroxyl groups excluding tert-OH is 1. The maximum Gasteiger partial charge on any atom is 0.243 e. The van der Waals surface area contributed by atoms with Crippen LogP contribution in [0, 0.1) is 23.6 Å². The van der Waals surface area contributed by atoms with Crippen LogP contribution in [0.5, 0.6) is 17.2 Å². The van der Waals surface area contributed by atoms with Crippen LogP contribution >= 0.6 is 11.3 Å². The molecule has 3 fully saturated rings. The Morgan fingerprint density at radius 1 is 0.866 bits per heavy atom. The smallest absolute Gasteiger partial charge is 0.243 e. The van der Waals surface area contributed by atoms with E-state index >= 15 is 0 Å². The lowest BCUT2D eigenvalue weighted by Gasteiger charge is -2.35. The molecule has 1 aliphatic carbocycles. The predicted octanol–water partition coefficient (Wildman–Crippen LogP) is 9.44. The number of aryl methyl sites for hydroxylation is 1. The number of hydrogen-bond donors (Lipinski definition) is 5. The van der Waals surface area contributed by atoms with Gasteiger partial charge in [0, 0.05) is 79.3 Å². The number of aromatic nitrogens is 4. The molecule has 2 aliphatic heterocycles. The lowest BCUT2D eigenvalue weighted by Crippen LogP contribution is -2.56. The van der Waals surface area contributed by atoms with E-state index in [1.54, 1.807) is 55.0 Å². The molecule has 10 rings (SSSR count). The van der Waals surface area contributed by atoms with Crippen LogP contribution in [0.25, 0.3) is 32.5 Å². The number of methoxy groups -OCH3 is 1. The van der Waals surface area contributed by atoms with E-state index in [2.05, 4.69) is 31.2 Å². The van der Waals surface area contributed by atoms with Gasteiger partial charge in [0.2, 0.25) is 29.5 Å². The zero-order valence-electron chi connectivity index (χ0n) is 46.7. The second kappa shape index (κ2) is 24.6. The third-order valence-electron chi connectivity index (χ3n) is 15.8. The summed E-state index contributed by atoms with van der Waals surface area (Å²) in [4.78, 5) is 81.1. The molecule has 0 radical (unpaired) electrons. The highest BCUT2D eigenvalue weighted by atomic mass is 32.1. The van der Waals surface area contributed by atoms with Gasteiger partial charge in [-0.25, -0.2) is 9.37 Å². The average Bonchev–Trinajstić information content (AvgIpc) is 3.91. The van der Waals surface area contributed by atoms with Crippen molar-refractivity contribution in [1.82, 2.24) is 40.2 Å². The summed E-state index contributed by atoms with van der Waals surface area (Å²) >= 11 is 1.58. The predicted molar refractivity (Wildman–Crippen MR) is 312 cm³/mol. The number of pyridine rings is 1. The lowest BCUT2D eigenvalue weighted by atomic mass is 9.85. The molecule has 5 amide bonds. The van der Waals surface area contributed by atoms with Crippen LogP contribution < -0.4 is 30.7 Å². The Morgan fingerprint density at radius 2 is 1.56 bits per heavy atom. The van der Waals surface area contributed by atoms with Gasteiger partial charge in [-0.3, -0.25) is 33.6 Å². The van der Waals surface area contributed by atoms with E-state index in [0.29, 0.717) is 92.4 Å². The van der Waals surface area contributed by atoms with Gasteiger partial charge in [-0.1, -0.05) is 45.0 Å². The minimum Gasteiger partial charge on any atom is -0.496 e. The lowest BCUT2D eigenvalue weighted by molar-refractivity contribution is -0.142. The number of halogens is 1. The maximum absolute atomic E-state index is 14.2. The molecule has 20 heteroatoms. The number of β-amino-alcohol motifs (C(OH)–C–C–N with tert-alkyl or cyclic N) is 1. The van der Waals surface area contributed by atoms with Crippen LogP contribution in [-0.4, -0.2) is 116 Å². The van der Waals surface area contributed by atoms with Crippen molar-refractivity contribution in [3.63, 3.8) is 0 Å². The molecule has 0 spiro atoms. The number of rotatable bonds is 20. The summed E-state index contributed by atoms with van der Waals surface area (Å²) in [5.41, 5.74) is 6.37. The van der Waals surface area contributed by atoms with Gasteiger partial charge in [-0.15, -0.1) is 11.3 Å². The first-order valence-electron chi connectivity index (χ1n) is 27.9. The van der Waals surface area contributed by atoms with Crippen LogP contribution in [-0.2, 0) is 30.5 Å². The fourth-order valence-electron chi connectivity index (χ4n) is 10.8. The van der Waals surface area contributed by atoms with Crippen molar-refractivity contribution in [3.8, 4) is 38.8 Å². The number of fused-ring (bicyclic) bond motifs is 1. The SMILES string of the molecule is COc1cc2c(Oc3ccc(NC(=O)C4(C(=O)Nc5ccc(F)cc5)CC4)cc3)ccnc2cc1-c1cnn(C2CCN(C(=O)CCCCN[C@H](C(=O)N3C[C@H](O)C[C@H]3C(=O)NCc3ccc(-c4scnc4C)cc3)C(C)(C)C)CC2)c1. The molecule has 5 N–H and O–H groups in total. The van der Waals surface area contributed by atoms with E-state index in [4.69, 9.17) is 14.6 Å². The number of thiazole rings is 1. The number of carbonyl (C=O) groups is 5. The summed E-state index contributed by atoms with van der Waals surface area (Å²) in [5, 5.41) is 28.2. The monoisotopic (exact) mass is 1130 g/mol. The quantitative estimate of drug-likeness (QED) is 0.0356. The third kappa shape index (κ3) is 13.0. The summed E-state index contributed by atoms with van der Waals surface area (Å²) in [5.74, 6) is -0.0242. The van der Waals surface area contributed by atoms with Gasteiger partial charge < -0.3 is 45.6 Å². The summed E-state index contributed by atoms with van der Waals surface area (Å²) in [7, 11) is 1.61. The minimum absolute atomic E-state index is 0.0816. The summed E-state index contributed by atoms with van der Waals surface area (Å²) < 4.78 is 27.6. The van der Waals surface area contributed by atoms with Crippen molar-refractivity contribution in [1.29, 1.82) is 0 Å². The molecule has 2 saturated heterocycles. The number of nitrogens with zero attached hydrogens (tertiary/aromatic N) is 6. The van der Waals surface area contributed by atoms with Crippen molar-refractivity contribution >= 4 is 63.2 Å². The van der Waals surface area contributed by atoms with Crippen molar-refractivity contribution in [2.45, 2.75) is 110 Å². The number of likely N-dealkylation sites (tertiary alicyclic amines) is 2. The molecule has 3 aliphatic rings. The minimum atomic E-state index is -1.19. The number of unbranched alkanes of at least 4 members (excludes halogenated alkanes) is 1. The standard InChI is InChI=1S/C62H69FN10O8S/c1-38-55(82-37-67-38)40-11-9-39(10-12-40)33-66-57(76)51-30-46(74)36-72(51)58(77)56(61(2,3)4)65-26-7-6-8-54(75)71-28-22-45(23-29-71)73-35-41(34-68-73)48-31-50-49(32-53(48)80-5)52(21-27-64-50)81-47-19-17-44(18-20-47)70-60(79)62(24-25-62)59(78)69-43-15-13-42(63)14-16-43/h9-21,27,31-32,34-35,37,45-46,51,56,65,74H,6-8,22-26,28-30,33,36H2,1-5H3,(H,66,76)(H,69,78)(H,70,79)/t46-,51+,56-/m1/s1. The Balaban J connectivity index is 0.674. The Bertz CT molecular complexity index is 3440. The highest BCUT2D eigenvalue weighted by molar-refractivity contribution is 7.13. The topological polar surface area (TPSA) is 222 Å². The highest BCUT2D eigenvalue weighted by Gasteiger charge is 2.56. The van der Waals surface area contributed by atoms with E-state index in [9.17, 15) is 33.5 Å². The first kappa shape index (κ1) is 57.2. The van der Waals surface area contributed by atoms with Crippen molar-refractivity contribution in [3.05, 3.63) is 132 Å². The number of aliphatic hydroxyl groups is 1. The van der Waals surface area contributed by atoms with Gasteiger partial charge in [0.05, 0.1) is 53.1 Å². The van der Waals surface area contributed by atoms with E-state index in [1.165, 1.54) is 29.2 Å². The molecule has 3 aromatic heterocycles. The Labute approximate surface area is 479 Å². The van der Waals surface area contributed by atoms with Crippen LogP contribution in [0.2, 0.25) is 0 Å². The number of carbonyl (C=O) groups excluding carboxylic acids is 5. The van der Waals surface area contributed by atoms with Crippen molar-refractivity contribution in [2.75, 3.05) is 43.9 Å². The van der Waals surface area contributed by atoms with Gasteiger partial charge in [-0.2, -0.15) is 5.10 Å². The second-order valence-corrected chi connectivity index (χ2v) is 23.5. The van der Waals surface area contributed by atoms with Crippen LogP contribution in [0.4, 0.5) is 15.8 Å². The summed E-state index contributed by atoms with van der Waals surface area (Å²) in [6.45, 7) is 10.0. The van der Waals surface area contributed by atoms with Gasteiger partial charge in [0.15, 0.2) is 0 Å². The van der Waals surface area contributed by atoms with Crippen molar-refractivity contribution in [2.24, 2.45) is 10.8 Å². The molecule has 0 bridgehead atoms. The molecule has 1 saturated carbocycles. The Kier molecular flexibility index (Phi) is 17.1. The molecule has 5 heterocycles. The summed E-state index contributed by atoms with van der Waals surface area (Å²) in [6.07, 6.45) is 8.87. The molecule has 82 heavy (non-hydrogen) atoms. The van der Waals surface area contributed by atoms with Crippen LogP contribution in [0.3, 0.4) is 0 Å². The normalized spacial score (nSPS) is 17.3. The molecule has 18 nitrogen and oxygen atoms in total. The van der Waals surface area contributed by atoms with E-state index in [1.807, 2.05) is 91.6 Å². The zero-order chi connectivity index (χ0) is 57.7. The fourth-order valence-corrected chi connectivity index (χ4v) is 11.7. The Hall–Kier alpha value is -8.07. The molecule has 3 atom stereocenters. The van der Waals surface area contributed by atoms with E-state index in [0.717, 1.165) is 51.1 Å². The van der Waals surface area contributed by atoms with Gasteiger partial charge in [-0.05, 0) is 135 Å². The number of nitrogens with one attached hydrogen (secondary N) is 4. The Morgan fingerprint density at radius 3 is 2.21 bits per heavy atom. The number of anilines is 2. The van der Waals surface area contributed by atoms with Crippen molar-refractivity contribution < 1.29 is 42.9 Å². The van der Waals surface area contributed by atoms with Gasteiger partial charge >= 0.3 is 0 Å². The first-order chi connectivity index (χ1) is 39.5. The zero-order valence-corrected chi connectivity index (χ0v) is 47.6. The molecule has 7 aromatic rings. The van der Waals surface area contributed by atoms with Gasteiger partial charge in [0.25, 0.3) is 0 Å². The largest absolute Gasteiger partial charge is 0.496 e. The third-order valence-corrected chi connectivity index (χ3v) is 16.7. The van der Waals surface area contributed by atoms with E-state index < -0.39 is 46.6 Å². The highest BCUT2D eigenvalue weighted by Crippen LogP contribution is 2.48. The van der Waals surface area contributed by atoms with E-state index in [-0.39, 0.29) is 36.7 Å². The number of hydrogen-bond acceptors (Lipinski definition) is 13. The molecule has 4 aromatic carbocycles. The number of amides is 5. The average molecular weight is 1130 g/mol.